The van der Waals surface area contributed by atoms with Crippen molar-refractivity contribution in [3.63, 3.8) is 0 Å². The van der Waals surface area contributed by atoms with Crippen LogP contribution in [0.25, 0.3) is 33.8 Å². The van der Waals surface area contributed by atoms with Gasteiger partial charge in [-0.1, -0.05) is 66.7 Å². The summed E-state index contributed by atoms with van der Waals surface area (Å²) in [7, 11) is -6.00. The van der Waals surface area contributed by atoms with Crippen LogP contribution in [0.5, 0.6) is 0 Å². The van der Waals surface area contributed by atoms with Gasteiger partial charge in [-0.15, -0.1) is 0 Å². The summed E-state index contributed by atoms with van der Waals surface area (Å²) >= 11 is 0. The minimum Gasteiger partial charge on any atom is -0.418 e. The summed E-state index contributed by atoms with van der Waals surface area (Å²) < 4.78 is 45.5. The SMILES string of the molecule is Cc1c(-c2ccccc2)[o+]c(-c2ccccc2)c(C)c1-c1ccccc1.F[B-](F)(F)F. The first-order valence-electron chi connectivity index (χ1n) is 9.76. The average Bonchev–Trinajstić information content (AvgIpc) is 2.75. The smallest absolute Gasteiger partial charge is 0.418 e. The lowest BCUT2D eigenvalue weighted by Gasteiger charge is -2.10. The van der Waals surface area contributed by atoms with E-state index < -0.39 is 7.25 Å². The van der Waals surface area contributed by atoms with Crippen LogP contribution in [0, 0.1) is 13.8 Å². The summed E-state index contributed by atoms with van der Waals surface area (Å²) in [5.74, 6) is 1.85. The highest BCUT2D eigenvalue weighted by Crippen LogP contribution is 2.40. The molecular weight excluding hydrogens is 403 g/mol. The van der Waals surface area contributed by atoms with E-state index in [0.717, 1.165) is 22.6 Å². The molecule has 4 rings (SSSR count). The van der Waals surface area contributed by atoms with Crippen LogP contribution in [0.4, 0.5) is 17.3 Å². The number of hydrogen-bond donors (Lipinski definition) is 0. The number of rotatable bonds is 3. The fourth-order valence-electron chi connectivity index (χ4n) is 3.53. The molecule has 0 saturated heterocycles. The Kier molecular flexibility index (Phi) is 6.90. The lowest BCUT2D eigenvalue weighted by molar-refractivity contribution is 0.368. The van der Waals surface area contributed by atoms with Gasteiger partial charge in [0.1, 0.15) is 0 Å². The van der Waals surface area contributed by atoms with Crippen LogP contribution in [0.1, 0.15) is 11.1 Å². The summed E-state index contributed by atoms with van der Waals surface area (Å²) in [6.07, 6.45) is 0. The fraction of sp³-hybridized carbons (Fsp3) is 0.0800. The zero-order valence-electron chi connectivity index (χ0n) is 17.2. The molecule has 31 heavy (non-hydrogen) atoms. The summed E-state index contributed by atoms with van der Waals surface area (Å²) in [6.45, 7) is 4.30. The quantitative estimate of drug-likeness (QED) is 0.182. The first-order valence-corrected chi connectivity index (χ1v) is 9.76. The molecule has 0 aliphatic rings. The van der Waals surface area contributed by atoms with Gasteiger partial charge in [-0.05, 0) is 43.7 Å². The van der Waals surface area contributed by atoms with Crippen molar-refractivity contribution in [1.29, 1.82) is 0 Å². The highest BCUT2D eigenvalue weighted by Gasteiger charge is 2.28. The summed E-state index contributed by atoms with van der Waals surface area (Å²) in [5, 5.41) is 0. The molecule has 3 aromatic carbocycles. The van der Waals surface area contributed by atoms with Crippen molar-refractivity contribution in [2.75, 3.05) is 0 Å². The zero-order chi connectivity index (χ0) is 22.4. The number of hydrogen-bond acceptors (Lipinski definition) is 0. The van der Waals surface area contributed by atoms with Crippen LogP contribution < -0.4 is 0 Å². The van der Waals surface area contributed by atoms with Crippen LogP contribution in [0.2, 0.25) is 0 Å². The Morgan fingerprint density at radius 2 is 0.806 bits per heavy atom. The van der Waals surface area contributed by atoms with E-state index in [1.54, 1.807) is 0 Å². The van der Waals surface area contributed by atoms with Crippen molar-refractivity contribution in [2.24, 2.45) is 0 Å². The third-order valence-electron chi connectivity index (χ3n) is 4.77. The van der Waals surface area contributed by atoms with Crippen molar-refractivity contribution < 1.29 is 21.7 Å². The first kappa shape index (κ1) is 22.3. The van der Waals surface area contributed by atoms with Gasteiger partial charge < -0.3 is 17.3 Å². The summed E-state index contributed by atoms with van der Waals surface area (Å²) in [6, 6.07) is 31.2. The molecule has 1 heterocycles. The second-order valence-electron chi connectivity index (χ2n) is 6.98. The molecule has 0 unspecified atom stereocenters. The second kappa shape index (κ2) is 9.60. The Balaban J connectivity index is 0.000000491. The number of benzene rings is 3. The monoisotopic (exact) mass is 424 g/mol. The maximum atomic E-state index is 9.75. The van der Waals surface area contributed by atoms with Crippen molar-refractivity contribution in [3.05, 3.63) is 102 Å². The third-order valence-corrected chi connectivity index (χ3v) is 4.77. The molecule has 0 saturated carbocycles. The first-order chi connectivity index (χ1) is 14.8. The predicted octanol–water partition coefficient (Wildman–Crippen LogP) is 8.48. The van der Waals surface area contributed by atoms with Crippen LogP contribution in [0.15, 0.2) is 95.4 Å². The van der Waals surface area contributed by atoms with E-state index in [4.69, 9.17) is 4.42 Å². The molecular formula is C25H21BF4O. The standard InChI is InChI=1S/C25H21O.BF4/c1-18-23(20-12-6-3-7-13-20)19(2)25(22-16-10-5-11-17-22)26-24(18)21-14-8-4-9-15-21;2-1(3,4)5/h3-17H,1-2H3;/q+1;-1. The molecule has 0 N–H and O–H groups in total. The van der Waals surface area contributed by atoms with Crippen molar-refractivity contribution in [1.82, 2.24) is 0 Å². The summed E-state index contributed by atoms with van der Waals surface area (Å²) in [5.41, 5.74) is 6.99. The highest BCUT2D eigenvalue weighted by atomic mass is 19.5. The number of halogens is 4. The van der Waals surface area contributed by atoms with Gasteiger partial charge in [-0.3, -0.25) is 0 Å². The molecule has 0 aliphatic carbocycles. The molecule has 1 aromatic heterocycles. The van der Waals surface area contributed by atoms with Gasteiger partial charge in [0.05, 0.1) is 22.3 Å². The Labute approximate surface area is 179 Å². The van der Waals surface area contributed by atoms with E-state index >= 15 is 0 Å². The van der Waals surface area contributed by atoms with Crippen LogP contribution in [-0.2, 0) is 0 Å². The van der Waals surface area contributed by atoms with Crippen molar-refractivity contribution in [2.45, 2.75) is 13.8 Å². The molecule has 158 valence electrons. The van der Waals surface area contributed by atoms with E-state index in [1.165, 1.54) is 22.3 Å². The lowest BCUT2D eigenvalue weighted by Crippen LogP contribution is -2.02. The Hall–Kier alpha value is -3.41. The maximum Gasteiger partial charge on any atom is 0.673 e. The molecule has 0 atom stereocenters. The molecule has 0 fully saturated rings. The Morgan fingerprint density at radius 1 is 0.516 bits per heavy atom. The van der Waals surface area contributed by atoms with Gasteiger partial charge in [-0.2, -0.15) is 0 Å². The van der Waals surface area contributed by atoms with E-state index in [2.05, 4.69) is 92.7 Å². The molecule has 6 heteroatoms. The third kappa shape index (κ3) is 5.82. The maximum absolute atomic E-state index is 9.75. The molecule has 0 amide bonds. The van der Waals surface area contributed by atoms with Gasteiger partial charge in [0.25, 0.3) is 0 Å². The van der Waals surface area contributed by atoms with Gasteiger partial charge in [0.2, 0.25) is 0 Å². The van der Waals surface area contributed by atoms with Crippen molar-refractivity contribution >= 4 is 7.25 Å². The largest absolute Gasteiger partial charge is 0.673 e. The molecule has 1 nitrogen and oxygen atoms in total. The van der Waals surface area contributed by atoms with Crippen molar-refractivity contribution in [3.8, 4) is 33.8 Å². The average molecular weight is 424 g/mol. The molecule has 0 bridgehead atoms. The molecule has 0 radical (unpaired) electrons. The lowest BCUT2D eigenvalue weighted by atomic mass is 9.92. The van der Waals surface area contributed by atoms with Gasteiger partial charge in [-0.25, -0.2) is 4.42 Å². The minimum atomic E-state index is -6.00. The molecule has 4 aromatic rings. The predicted molar refractivity (Wildman–Crippen MR) is 119 cm³/mol. The normalized spacial score (nSPS) is 10.9. The van der Waals surface area contributed by atoms with Gasteiger partial charge in [0.15, 0.2) is 0 Å². The van der Waals surface area contributed by atoms with Crippen LogP contribution in [-0.4, -0.2) is 7.25 Å². The van der Waals surface area contributed by atoms with Crippen LogP contribution in [0.3, 0.4) is 0 Å². The fourth-order valence-corrected chi connectivity index (χ4v) is 3.53. The van der Waals surface area contributed by atoms with Gasteiger partial charge in [0, 0.05) is 5.56 Å². The summed E-state index contributed by atoms with van der Waals surface area (Å²) in [4.78, 5) is 0. The highest BCUT2D eigenvalue weighted by molar-refractivity contribution is 6.50. The van der Waals surface area contributed by atoms with E-state index in [-0.39, 0.29) is 0 Å². The Morgan fingerprint density at radius 3 is 1.13 bits per heavy atom. The molecule has 0 spiro atoms. The van der Waals surface area contributed by atoms with E-state index in [9.17, 15) is 17.3 Å². The topological polar surface area (TPSA) is 11.3 Å². The minimum absolute atomic E-state index is 0.925. The van der Waals surface area contributed by atoms with E-state index in [1.807, 2.05) is 12.1 Å². The second-order valence-corrected chi connectivity index (χ2v) is 6.98. The Bertz CT molecular complexity index is 1060. The van der Waals surface area contributed by atoms with Crippen LogP contribution >= 0.6 is 0 Å². The zero-order valence-corrected chi connectivity index (χ0v) is 17.2. The molecule has 0 aliphatic heterocycles. The van der Waals surface area contributed by atoms with Gasteiger partial charge >= 0.3 is 18.8 Å². The van der Waals surface area contributed by atoms with E-state index in [0.29, 0.717) is 0 Å².